The smallest absolute Gasteiger partial charge is 0.257 e. The van der Waals surface area contributed by atoms with Crippen LogP contribution in [0.4, 0.5) is 0 Å². The van der Waals surface area contributed by atoms with E-state index in [9.17, 15) is 4.79 Å². The van der Waals surface area contributed by atoms with Gasteiger partial charge in [0.2, 0.25) is 0 Å². The van der Waals surface area contributed by atoms with Crippen LogP contribution in [0.5, 0.6) is 5.75 Å². The molecule has 3 aliphatic heterocycles. The van der Waals surface area contributed by atoms with Crippen LogP contribution < -0.4 is 10.1 Å². The van der Waals surface area contributed by atoms with Gasteiger partial charge in [-0.3, -0.25) is 14.4 Å². The average Bonchev–Trinajstić information content (AvgIpc) is 3.32. The molecule has 184 valence electrons. The Morgan fingerprint density at radius 2 is 1.83 bits per heavy atom. The molecule has 4 aromatic rings. The zero-order valence-corrected chi connectivity index (χ0v) is 20.6. The first kappa shape index (κ1) is 22.8. The molecule has 3 saturated heterocycles. The van der Waals surface area contributed by atoms with Crippen molar-refractivity contribution in [2.75, 3.05) is 26.2 Å². The van der Waals surface area contributed by atoms with E-state index >= 15 is 0 Å². The third-order valence-electron chi connectivity index (χ3n) is 7.87. The van der Waals surface area contributed by atoms with Crippen LogP contribution in [0, 0.1) is 5.92 Å². The molecule has 4 atom stereocenters. The molecule has 2 bridgehead atoms. The number of rotatable bonds is 7. The molecule has 1 amide bonds. The number of nitrogens with one attached hydrogen (secondary N) is 1. The van der Waals surface area contributed by atoms with Gasteiger partial charge in [-0.25, -0.2) is 0 Å². The highest BCUT2D eigenvalue weighted by molar-refractivity contribution is 5.86. The second-order valence-corrected chi connectivity index (χ2v) is 10.1. The highest BCUT2D eigenvalue weighted by atomic mass is 16.5. The zero-order valence-electron chi connectivity index (χ0n) is 20.6. The third kappa shape index (κ3) is 4.61. The van der Waals surface area contributed by atoms with Gasteiger partial charge in [0.15, 0.2) is 6.61 Å². The fraction of sp³-hybridized carbons (Fsp3) is 0.333. The van der Waals surface area contributed by atoms with Crippen LogP contribution in [0.2, 0.25) is 0 Å². The van der Waals surface area contributed by atoms with Gasteiger partial charge in [-0.2, -0.15) is 5.10 Å². The predicted molar refractivity (Wildman–Crippen MR) is 142 cm³/mol. The molecule has 1 N–H and O–H groups in total. The number of fused-ring (bicyclic) bond motifs is 4. The molecule has 3 aromatic carbocycles. The van der Waals surface area contributed by atoms with Crippen molar-refractivity contribution in [1.82, 2.24) is 20.0 Å². The van der Waals surface area contributed by atoms with Gasteiger partial charge >= 0.3 is 0 Å². The first-order chi connectivity index (χ1) is 17.6. The summed E-state index contributed by atoms with van der Waals surface area (Å²) in [6.07, 6.45) is 2.30. The van der Waals surface area contributed by atoms with Crippen LogP contribution in [0.15, 0.2) is 78.9 Å². The molecular formula is C30H32N4O2. The minimum atomic E-state index is -0.0651. The molecule has 3 aliphatic rings. The summed E-state index contributed by atoms with van der Waals surface area (Å²) in [7, 11) is 2.07. The van der Waals surface area contributed by atoms with Gasteiger partial charge in [-0.05, 0) is 60.3 Å². The van der Waals surface area contributed by atoms with Crippen molar-refractivity contribution < 1.29 is 9.53 Å². The molecular weight excluding hydrogens is 448 g/mol. The van der Waals surface area contributed by atoms with Gasteiger partial charge in [0.25, 0.3) is 5.91 Å². The highest BCUT2D eigenvalue weighted by Gasteiger charge is 2.41. The predicted octanol–water partition coefficient (Wildman–Crippen LogP) is 4.61. The Hall–Kier alpha value is -3.64. The number of ether oxygens (including phenoxy) is 1. The number of benzene rings is 3. The van der Waals surface area contributed by atoms with Crippen LogP contribution in [0.25, 0.3) is 22.0 Å². The van der Waals surface area contributed by atoms with E-state index in [1.54, 1.807) is 0 Å². The largest absolute Gasteiger partial charge is 0.484 e. The van der Waals surface area contributed by atoms with Crippen molar-refractivity contribution in [3.63, 3.8) is 0 Å². The summed E-state index contributed by atoms with van der Waals surface area (Å²) >= 11 is 0. The molecule has 3 fully saturated rings. The average molecular weight is 481 g/mol. The topological polar surface area (TPSA) is 59.4 Å². The van der Waals surface area contributed by atoms with E-state index in [2.05, 4.69) is 70.5 Å². The fourth-order valence-corrected chi connectivity index (χ4v) is 5.95. The SMILES string of the molecule is Cn1nc(-c2ccc3ccccc3c2)cc1[C@H]1CN2CC[C@H]1C[C@@H]2CNC(=O)COc1ccccc1. The molecule has 1 unspecified atom stereocenters. The second-order valence-electron chi connectivity index (χ2n) is 10.1. The lowest BCUT2D eigenvalue weighted by atomic mass is 9.74. The molecule has 0 aliphatic carbocycles. The summed E-state index contributed by atoms with van der Waals surface area (Å²) in [6.45, 7) is 2.84. The second kappa shape index (κ2) is 9.78. The minimum absolute atomic E-state index is 0.0509. The van der Waals surface area contributed by atoms with E-state index < -0.39 is 0 Å². The summed E-state index contributed by atoms with van der Waals surface area (Å²) in [5, 5.41) is 10.5. The van der Waals surface area contributed by atoms with Crippen molar-refractivity contribution in [2.24, 2.45) is 13.0 Å². The van der Waals surface area contributed by atoms with Crippen molar-refractivity contribution >= 4 is 16.7 Å². The van der Waals surface area contributed by atoms with Crippen molar-refractivity contribution in [3.05, 3.63) is 84.6 Å². The normalized spacial score (nSPS) is 23.0. The summed E-state index contributed by atoms with van der Waals surface area (Å²) in [5.74, 6) is 1.73. The van der Waals surface area contributed by atoms with Crippen molar-refractivity contribution in [1.29, 1.82) is 0 Å². The number of piperidine rings is 3. The number of carbonyl (C=O) groups is 1. The Labute approximate surface area is 211 Å². The van der Waals surface area contributed by atoms with Crippen LogP contribution in [-0.2, 0) is 11.8 Å². The number of hydrogen-bond acceptors (Lipinski definition) is 4. The van der Waals surface area contributed by atoms with E-state index in [0.717, 1.165) is 36.5 Å². The Balaban J connectivity index is 1.09. The number of hydrogen-bond donors (Lipinski definition) is 1. The Bertz CT molecular complexity index is 1370. The zero-order chi connectivity index (χ0) is 24.5. The number of para-hydroxylation sites is 1. The minimum Gasteiger partial charge on any atom is -0.484 e. The molecule has 4 heterocycles. The van der Waals surface area contributed by atoms with Crippen LogP contribution in [0.3, 0.4) is 0 Å². The van der Waals surface area contributed by atoms with Crippen LogP contribution >= 0.6 is 0 Å². The number of nitrogens with zero attached hydrogens (tertiary/aromatic N) is 3. The molecule has 6 heteroatoms. The molecule has 0 spiro atoms. The number of carbonyl (C=O) groups excluding carboxylic acids is 1. The summed E-state index contributed by atoms with van der Waals surface area (Å²) in [6, 6.07) is 27.2. The van der Waals surface area contributed by atoms with E-state index in [0.29, 0.717) is 24.4 Å². The Morgan fingerprint density at radius 1 is 1.03 bits per heavy atom. The fourth-order valence-electron chi connectivity index (χ4n) is 5.95. The first-order valence-electron chi connectivity index (χ1n) is 12.9. The van der Waals surface area contributed by atoms with Gasteiger partial charge < -0.3 is 10.1 Å². The maximum atomic E-state index is 12.3. The number of aryl methyl sites for hydroxylation is 1. The molecule has 6 nitrogen and oxygen atoms in total. The van der Waals surface area contributed by atoms with E-state index in [1.807, 2.05) is 30.3 Å². The van der Waals surface area contributed by atoms with Gasteiger partial charge in [-0.15, -0.1) is 0 Å². The summed E-state index contributed by atoms with van der Waals surface area (Å²) < 4.78 is 7.66. The van der Waals surface area contributed by atoms with Crippen LogP contribution in [-0.4, -0.2) is 52.9 Å². The number of amides is 1. The van der Waals surface area contributed by atoms with Gasteiger partial charge in [0.05, 0.1) is 5.69 Å². The maximum absolute atomic E-state index is 12.3. The lowest BCUT2D eigenvalue weighted by Crippen LogP contribution is -2.56. The summed E-state index contributed by atoms with van der Waals surface area (Å²) in [4.78, 5) is 14.9. The van der Waals surface area contributed by atoms with E-state index in [-0.39, 0.29) is 12.5 Å². The third-order valence-corrected chi connectivity index (χ3v) is 7.87. The van der Waals surface area contributed by atoms with E-state index in [4.69, 9.17) is 9.84 Å². The van der Waals surface area contributed by atoms with Gasteiger partial charge in [-0.1, -0.05) is 54.6 Å². The Morgan fingerprint density at radius 3 is 2.64 bits per heavy atom. The monoisotopic (exact) mass is 480 g/mol. The van der Waals surface area contributed by atoms with Crippen LogP contribution in [0.1, 0.15) is 24.5 Å². The lowest BCUT2D eigenvalue weighted by Gasteiger charge is -2.49. The molecule has 1 aromatic heterocycles. The van der Waals surface area contributed by atoms with E-state index in [1.165, 1.54) is 22.9 Å². The van der Waals surface area contributed by atoms with Gasteiger partial charge in [0.1, 0.15) is 5.75 Å². The molecule has 0 saturated carbocycles. The molecule has 0 radical (unpaired) electrons. The highest BCUT2D eigenvalue weighted by Crippen LogP contribution is 2.42. The maximum Gasteiger partial charge on any atom is 0.257 e. The first-order valence-corrected chi connectivity index (χ1v) is 12.9. The molecule has 36 heavy (non-hydrogen) atoms. The van der Waals surface area contributed by atoms with Crippen molar-refractivity contribution in [3.8, 4) is 17.0 Å². The Kier molecular flexibility index (Phi) is 6.20. The number of aromatic nitrogens is 2. The lowest BCUT2D eigenvalue weighted by molar-refractivity contribution is -0.123. The van der Waals surface area contributed by atoms with Gasteiger partial charge in [0, 0.05) is 43.4 Å². The quantitative estimate of drug-likeness (QED) is 0.420. The molecule has 7 rings (SSSR count). The summed E-state index contributed by atoms with van der Waals surface area (Å²) in [5.41, 5.74) is 3.51. The standard InChI is InChI=1S/C30H32N4O2/c1-33-29(17-28(32-33)24-12-11-21-7-5-6-8-22(21)15-24)27-19-34-14-13-23(27)16-25(34)18-31-30(35)20-36-26-9-3-2-4-10-26/h2-12,15,17,23,25,27H,13-14,16,18-20H2,1H3,(H,31,35)/t23-,25+,27-/m0/s1. The van der Waals surface area contributed by atoms with Crippen molar-refractivity contribution in [2.45, 2.75) is 24.8 Å².